The summed E-state index contributed by atoms with van der Waals surface area (Å²) < 4.78 is 28.1. The molecular formula is C24H19F2N3O. The monoisotopic (exact) mass is 403 g/mol. The van der Waals surface area contributed by atoms with Gasteiger partial charge in [0.1, 0.15) is 17.3 Å². The lowest BCUT2D eigenvalue weighted by Crippen LogP contribution is -2.28. The van der Waals surface area contributed by atoms with Crippen molar-refractivity contribution in [2.75, 3.05) is 0 Å². The molecular weight excluding hydrogens is 384 g/mol. The summed E-state index contributed by atoms with van der Waals surface area (Å²) >= 11 is 0. The lowest BCUT2D eigenvalue weighted by atomic mass is 10.1. The van der Waals surface area contributed by atoms with Crippen molar-refractivity contribution < 1.29 is 13.6 Å². The minimum atomic E-state index is -0.381. The number of halogens is 2. The molecule has 0 aliphatic rings. The van der Waals surface area contributed by atoms with Crippen molar-refractivity contribution in [2.24, 2.45) is 0 Å². The largest absolute Gasteiger partial charge is 0.344 e. The summed E-state index contributed by atoms with van der Waals surface area (Å²) in [5.41, 5.74) is 2.99. The highest BCUT2D eigenvalue weighted by molar-refractivity contribution is 5.94. The Bertz CT molecular complexity index is 1150. The zero-order valence-corrected chi connectivity index (χ0v) is 16.2. The Morgan fingerprint density at radius 1 is 0.900 bits per heavy atom. The van der Waals surface area contributed by atoms with Crippen molar-refractivity contribution in [2.45, 2.75) is 13.0 Å². The number of carbonyl (C=O) groups excluding carboxylic acids is 1. The molecule has 1 heterocycles. The third-order valence-electron chi connectivity index (χ3n) is 4.80. The van der Waals surface area contributed by atoms with Gasteiger partial charge in [-0.1, -0.05) is 30.3 Å². The van der Waals surface area contributed by atoms with Gasteiger partial charge in [-0.3, -0.25) is 4.79 Å². The Hall–Kier alpha value is -3.80. The second-order valence-electron chi connectivity index (χ2n) is 6.92. The van der Waals surface area contributed by atoms with Gasteiger partial charge in [-0.15, -0.1) is 0 Å². The fourth-order valence-corrected chi connectivity index (χ4v) is 3.18. The van der Waals surface area contributed by atoms with Crippen LogP contribution in [0, 0.1) is 11.6 Å². The standard InChI is InChI=1S/C24H19F2N3O/c1-16(17-5-3-2-4-6-17)27-24(30)23-15-22(18-7-9-19(25)10-8-18)28-29(23)21-13-11-20(26)12-14-21/h2-16H,1H3,(H,27,30)/t16-/m1/s1. The van der Waals surface area contributed by atoms with E-state index in [1.807, 2.05) is 37.3 Å². The Kier molecular flexibility index (Phi) is 5.39. The molecule has 150 valence electrons. The molecule has 4 nitrogen and oxygen atoms in total. The van der Waals surface area contributed by atoms with Crippen LogP contribution in [0.1, 0.15) is 29.0 Å². The van der Waals surface area contributed by atoms with E-state index in [1.165, 1.54) is 28.9 Å². The van der Waals surface area contributed by atoms with Crippen molar-refractivity contribution in [1.82, 2.24) is 15.1 Å². The molecule has 0 spiro atoms. The van der Waals surface area contributed by atoms with Crippen LogP contribution in [-0.2, 0) is 0 Å². The van der Waals surface area contributed by atoms with Crippen molar-refractivity contribution in [3.8, 4) is 16.9 Å². The first-order valence-corrected chi connectivity index (χ1v) is 9.49. The second kappa shape index (κ2) is 8.29. The van der Waals surface area contributed by atoms with E-state index in [0.29, 0.717) is 22.6 Å². The zero-order chi connectivity index (χ0) is 21.1. The normalized spacial score (nSPS) is 11.8. The molecule has 0 unspecified atom stereocenters. The summed E-state index contributed by atoms with van der Waals surface area (Å²) in [4.78, 5) is 13.1. The highest BCUT2D eigenvalue weighted by Crippen LogP contribution is 2.23. The van der Waals surface area contributed by atoms with Gasteiger partial charge in [0.15, 0.2) is 0 Å². The number of hydrogen-bond donors (Lipinski definition) is 1. The second-order valence-corrected chi connectivity index (χ2v) is 6.92. The molecule has 1 amide bonds. The van der Waals surface area contributed by atoms with Gasteiger partial charge < -0.3 is 5.32 Å². The van der Waals surface area contributed by atoms with Gasteiger partial charge in [0.05, 0.1) is 17.4 Å². The van der Waals surface area contributed by atoms with E-state index in [2.05, 4.69) is 10.4 Å². The van der Waals surface area contributed by atoms with Crippen molar-refractivity contribution in [3.63, 3.8) is 0 Å². The van der Waals surface area contributed by atoms with Crippen LogP contribution in [0.2, 0.25) is 0 Å². The molecule has 4 rings (SSSR count). The van der Waals surface area contributed by atoms with E-state index < -0.39 is 0 Å². The predicted octanol–water partition coefficient (Wildman–Crippen LogP) is 5.31. The molecule has 1 atom stereocenters. The van der Waals surface area contributed by atoms with Crippen LogP contribution in [-0.4, -0.2) is 15.7 Å². The van der Waals surface area contributed by atoms with Gasteiger partial charge in [0.25, 0.3) is 5.91 Å². The third-order valence-corrected chi connectivity index (χ3v) is 4.80. The van der Waals surface area contributed by atoms with E-state index in [0.717, 1.165) is 5.56 Å². The van der Waals surface area contributed by atoms with Gasteiger partial charge in [0.2, 0.25) is 0 Å². The number of amides is 1. The number of nitrogens with one attached hydrogen (secondary N) is 1. The molecule has 1 N–H and O–H groups in total. The van der Waals surface area contributed by atoms with Crippen molar-refractivity contribution in [3.05, 3.63) is 108 Å². The first-order chi connectivity index (χ1) is 14.5. The van der Waals surface area contributed by atoms with Gasteiger partial charge in [-0.25, -0.2) is 13.5 Å². The molecule has 1 aromatic heterocycles. The molecule has 0 saturated heterocycles. The van der Waals surface area contributed by atoms with E-state index in [1.54, 1.807) is 30.3 Å². The number of rotatable bonds is 5. The molecule has 0 aliphatic carbocycles. The molecule has 0 saturated carbocycles. The highest BCUT2D eigenvalue weighted by atomic mass is 19.1. The van der Waals surface area contributed by atoms with E-state index in [-0.39, 0.29) is 23.6 Å². The summed E-state index contributed by atoms with van der Waals surface area (Å²) in [5.74, 6) is -1.06. The summed E-state index contributed by atoms with van der Waals surface area (Å²) in [6, 6.07) is 22.6. The van der Waals surface area contributed by atoms with Crippen LogP contribution >= 0.6 is 0 Å². The smallest absolute Gasteiger partial charge is 0.270 e. The molecule has 30 heavy (non-hydrogen) atoms. The summed E-state index contributed by atoms with van der Waals surface area (Å²) in [6.07, 6.45) is 0. The van der Waals surface area contributed by atoms with Gasteiger partial charge in [0, 0.05) is 5.56 Å². The van der Waals surface area contributed by atoms with Crippen LogP contribution in [0.3, 0.4) is 0 Å². The van der Waals surface area contributed by atoms with Gasteiger partial charge in [-0.2, -0.15) is 5.10 Å². The van der Waals surface area contributed by atoms with Crippen molar-refractivity contribution >= 4 is 5.91 Å². The fourth-order valence-electron chi connectivity index (χ4n) is 3.18. The maximum Gasteiger partial charge on any atom is 0.270 e. The Balaban J connectivity index is 1.71. The lowest BCUT2D eigenvalue weighted by Gasteiger charge is -2.15. The minimum absolute atomic E-state index is 0.218. The Morgan fingerprint density at radius 3 is 2.13 bits per heavy atom. The molecule has 0 fully saturated rings. The fraction of sp³-hybridized carbons (Fsp3) is 0.0833. The molecule has 4 aromatic rings. The van der Waals surface area contributed by atoms with Crippen LogP contribution in [0.25, 0.3) is 16.9 Å². The molecule has 0 aliphatic heterocycles. The summed E-state index contributed by atoms with van der Waals surface area (Å²) in [6.45, 7) is 1.90. The lowest BCUT2D eigenvalue weighted by molar-refractivity contribution is 0.0932. The van der Waals surface area contributed by atoms with Crippen LogP contribution in [0.5, 0.6) is 0 Å². The molecule has 0 radical (unpaired) electrons. The van der Waals surface area contributed by atoms with Gasteiger partial charge in [-0.05, 0) is 67.1 Å². The Labute approximate surface area is 172 Å². The van der Waals surface area contributed by atoms with Crippen LogP contribution in [0.4, 0.5) is 8.78 Å². The van der Waals surface area contributed by atoms with E-state index in [9.17, 15) is 13.6 Å². The number of aromatic nitrogens is 2. The number of nitrogens with zero attached hydrogens (tertiary/aromatic N) is 2. The van der Waals surface area contributed by atoms with Crippen LogP contribution < -0.4 is 5.32 Å². The van der Waals surface area contributed by atoms with Crippen molar-refractivity contribution in [1.29, 1.82) is 0 Å². The number of carbonyl (C=O) groups is 1. The minimum Gasteiger partial charge on any atom is -0.344 e. The highest BCUT2D eigenvalue weighted by Gasteiger charge is 2.20. The third kappa shape index (κ3) is 4.12. The average Bonchev–Trinajstić information content (AvgIpc) is 3.21. The molecule has 0 bridgehead atoms. The first kappa shape index (κ1) is 19.5. The SMILES string of the molecule is C[C@@H](NC(=O)c1cc(-c2ccc(F)cc2)nn1-c1ccc(F)cc1)c1ccccc1. The Morgan fingerprint density at radius 2 is 1.50 bits per heavy atom. The van der Waals surface area contributed by atoms with E-state index in [4.69, 9.17) is 0 Å². The summed E-state index contributed by atoms with van der Waals surface area (Å²) in [5, 5.41) is 7.50. The number of hydrogen-bond acceptors (Lipinski definition) is 2. The molecule has 3 aromatic carbocycles. The maximum absolute atomic E-state index is 13.4. The summed E-state index contributed by atoms with van der Waals surface area (Å²) in [7, 11) is 0. The molecule has 6 heteroatoms. The maximum atomic E-state index is 13.4. The van der Waals surface area contributed by atoms with Gasteiger partial charge >= 0.3 is 0 Å². The first-order valence-electron chi connectivity index (χ1n) is 9.49. The average molecular weight is 403 g/mol. The van der Waals surface area contributed by atoms with E-state index >= 15 is 0 Å². The quantitative estimate of drug-likeness (QED) is 0.491. The predicted molar refractivity (Wildman–Crippen MR) is 111 cm³/mol. The van der Waals surface area contributed by atoms with Crippen LogP contribution in [0.15, 0.2) is 84.9 Å². The zero-order valence-electron chi connectivity index (χ0n) is 16.2. The topological polar surface area (TPSA) is 46.9 Å². The number of benzene rings is 3.